The van der Waals surface area contributed by atoms with Gasteiger partial charge in [0.2, 0.25) is 0 Å². The molecular formula is C26H21F3N4O4. The first kappa shape index (κ1) is 25.4. The van der Waals surface area contributed by atoms with Crippen molar-refractivity contribution in [3.8, 4) is 17.5 Å². The van der Waals surface area contributed by atoms with Crippen molar-refractivity contribution in [3.63, 3.8) is 0 Å². The van der Waals surface area contributed by atoms with Crippen LogP contribution in [-0.2, 0) is 11.3 Å². The molecule has 1 unspecified atom stereocenters. The van der Waals surface area contributed by atoms with Gasteiger partial charge in [-0.15, -0.1) is 13.2 Å². The van der Waals surface area contributed by atoms with E-state index in [1.54, 1.807) is 18.3 Å². The lowest BCUT2D eigenvalue weighted by Gasteiger charge is -2.16. The van der Waals surface area contributed by atoms with E-state index in [1.807, 2.05) is 30.3 Å². The Balaban J connectivity index is 1.46. The number of benzene rings is 2. The Morgan fingerprint density at radius 1 is 0.919 bits per heavy atom. The quantitative estimate of drug-likeness (QED) is 0.277. The van der Waals surface area contributed by atoms with Gasteiger partial charge in [-0.05, 0) is 53.6 Å². The van der Waals surface area contributed by atoms with Crippen molar-refractivity contribution >= 4 is 11.8 Å². The SMILES string of the molecule is O=C(O)CC(c1ccc(OC(F)(F)F)cc1)c1ccnc(Oc2ccc(CNc3ccccn3)cc2)n1. The molecule has 2 aromatic carbocycles. The molecule has 0 aliphatic heterocycles. The molecule has 4 rings (SSSR count). The van der Waals surface area contributed by atoms with E-state index in [4.69, 9.17) is 4.74 Å². The van der Waals surface area contributed by atoms with Crippen LogP contribution < -0.4 is 14.8 Å². The molecule has 190 valence electrons. The van der Waals surface area contributed by atoms with Crippen LogP contribution in [0, 0.1) is 0 Å². The Hall–Kier alpha value is -4.67. The molecule has 11 heteroatoms. The van der Waals surface area contributed by atoms with Gasteiger partial charge >= 0.3 is 18.3 Å². The summed E-state index contributed by atoms with van der Waals surface area (Å²) in [7, 11) is 0. The maximum atomic E-state index is 12.5. The zero-order valence-corrected chi connectivity index (χ0v) is 19.2. The van der Waals surface area contributed by atoms with Crippen LogP contribution in [0.4, 0.5) is 19.0 Å². The standard InChI is InChI=1S/C26H21F3N4O4/c27-26(28,29)37-20-10-6-18(7-11-20)21(15-24(34)35)22-12-14-31-25(33-22)36-19-8-4-17(5-9-19)16-32-23-3-1-2-13-30-23/h1-14,21H,15-16H2,(H,30,32)(H,34,35). The number of aliphatic carboxylic acids is 1. The van der Waals surface area contributed by atoms with Crippen molar-refractivity contribution in [1.82, 2.24) is 15.0 Å². The lowest BCUT2D eigenvalue weighted by molar-refractivity contribution is -0.274. The average molecular weight is 510 g/mol. The molecule has 4 aromatic rings. The summed E-state index contributed by atoms with van der Waals surface area (Å²) in [6.45, 7) is 0.562. The smallest absolute Gasteiger partial charge is 0.481 e. The molecule has 0 spiro atoms. The molecule has 1 atom stereocenters. The minimum absolute atomic E-state index is 0.00396. The highest BCUT2D eigenvalue weighted by atomic mass is 19.4. The average Bonchev–Trinajstić information content (AvgIpc) is 2.87. The maximum Gasteiger partial charge on any atom is 0.573 e. The Kier molecular flexibility index (Phi) is 7.82. The van der Waals surface area contributed by atoms with E-state index in [1.165, 1.54) is 24.4 Å². The highest BCUT2D eigenvalue weighted by Crippen LogP contribution is 2.31. The first-order valence-electron chi connectivity index (χ1n) is 11.1. The molecule has 0 fully saturated rings. The summed E-state index contributed by atoms with van der Waals surface area (Å²) in [5, 5.41) is 12.6. The molecule has 0 aliphatic rings. The number of ether oxygens (including phenoxy) is 2. The van der Waals surface area contributed by atoms with Crippen LogP contribution in [0.15, 0.2) is 85.2 Å². The second kappa shape index (κ2) is 11.4. The van der Waals surface area contributed by atoms with Crippen molar-refractivity contribution in [1.29, 1.82) is 0 Å². The number of carbonyl (C=O) groups is 1. The minimum Gasteiger partial charge on any atom is -0.481 e. The van der Waals surface area contributed by atoms with Crippen LogP contribution in [0.1, 0.15) is 29.2 Å². The van der Waals surface area contributed by atoms with E-state index >= 15 is 0 Å². The summed E-state index contributed by atoms with van der Waals surface area (Å²) in [4.78, 5) is 24.2. The summed E-state index contributed by atoms with van der Waals surface area (Å²) < 4.78 is 47.0. The van der Waals surface area contributed by atoms with Gasteiger partial charge in [0.25, 0.3) is 0 Å². The van der Waals surface area contributed by atoms with Gasteiger partial charge in [0.05, 0.1) is 12.1 Å². The van der Waals surface area contributed by atoms with Crippen molar-refractivity contribution in [3.05, 3.63) is 102 Å². The number of hydrogen-bond acceptors (Lipinski definition) is 7. The van der Waals surface area contributed by atoms with Crippen LogP contribution in [0.25, 0.3) is 0 Å². The number of carboxylic acids is 1. The van der Waals surface area contributed by atoms with Gasteiger partial charge in [-0.25, -0.2) is 9.97 Å². The lowest BCUT2D eigenvalue weighted by atomic mass is 9.92. The predicted octanol–water partition coefficient (Wildman–Crippen LogP) is 5.78. The number of nitrogens with one attached hydrogen (secondary N) is 1. The molecule has 37 heavy (non-hydrogen) atoms. The third-order valence-corrected chi connectivity index (χ3v) is 5.18. The monoisotopic (exact) mass is 510 g/mol. The van der Waals surface area contributed by atoms with Gasteiger partial charge in [0.15, 0.2) is 0 Å². The molecule has 0 aliphatic carbocycles. The fourth-order valence-corrected chi connectivity index (χ4v) is 3.51. The first-order valence-corrected chi connectivity index (χ1v) is 11.1. The third-order valence-electron chi connectivity index (χ3n) is 5.18. The second-order valence-corrected chi connectivity index (χ2v) is 7.85. The van der Waals surface area contributed by atoms with E-state index in [9.17, 15) is 23.1 Å². The minimum atomic E-state index is -4.82. The first-order chi connectivity index (χ1) is 17.7. The Labute approximate surface area is 209 Å². The normalized spacial score (nSPS) is 12.0. The van der Waals surface area contributed by atoms with Gasteiger partial charge in [-0.2, -0.15) is 4.98 Å². The topological polar surface area (TPSA) is 106 Å². The number of aromatic nitrogens is 3. The Bertz CT molecular complexity index is 1320. The molecular weight excluding hydrogens is 489 g/mol. The summed E-state index contributed by atoms with van der Waals surface area (Å²) >= 11 is 0. The summed E-state index contributed by atoms with van der Waals surface area (Å²) in [6.07, 6.45) is -2.03. The molecule has 0 saturated carbocycles. The number of pyridine rings is 1. The fraction of sp³-hybridized carbons (Fsp3) is 0.154. The van der Waals surface area contributed by atoms with Gasteiger partial charge in [0.1, 0.15) is 17.3 Å². The number of alkyl halides is 3. The van der Waals surface area contributed by atoms with Crippen molar-refractivity contribution in [2.45, 2.75) is 25.2 Å². The van der Waals surface area contributed by atoms with Crippen LogP contribution >= 0.6 is 0 Å². The lowest BCUT2D eigenvalue weighted by Crippen LogP contribution is -2.17. The number of carboxylic acid groups (broad SMARTS) is 1. The number of rotatable bonds is 10. The second-order valence-electron chi connectivity index (χ2n) is 7.85. The Morgan fingerprint density at radius 2 is 1.65 bits per heavy atom. The molecule has 0 saturated heterocycles. The summed E-state index contributed by atoms with van der Waals surface area (Å²) in [5.74, 6) is -1.02. The van der Waals surface area contributed by atoms with Crippen LogP contribution in [0.3, 0.4) is 0 Å². The summed E-state index contributed by atoms with van der Waals surface area (Å²) in [5.41, 5.74) is 1.78. The van der Waals surface area contributed by atoms with Gasteiger partial charge < -0.3 is 19.9 Å². The molecule has 2 N–H and O–H groups in total. The van der Waals surface area contributed by atoms with Gasteiger partial charge in [-0.3, -0.25) is 4.79 Å². The number of nitrogens with zero attached hydrogens (tertiary/aromatic N) is 3. The molecule has 8 nitrogen and oxygen atoms in total. The Morgan fingerprint density at radius 3 is 2.30 bits per heavy atom. The fourth-order valence-electron chi connectivity index (χ4n) is 3.51. The zero-order valence-electron chi connectivity index (χ0n) is 19.2. The van der Waals surface area contributed by atoms with Crippen LogP contribution in [-0.4, -0.2) is 32.4 Å². The predicted molar refractivity (Wildman–Crippen MR) is 127 cm³/mol. The third kappa shape index (κ3) is 7.66. The summed E-state index contributed by atoms with van der Waals surface area (Å²) in [6, 6.07) is 19.4. The molecule has 2 heterocycles. The number of hydrogen-bond donors (Lipinski definition) is 2. The van der Waals surface area contributed by atoms with Crippen molar-refractivity contribution in [2.24, 2.45) is 0 Å². The zero-order chi connectivity index (χ0) is 26.3. The van der Waals surface area contributed by atoms with Gasteiger partial charge in [-0.1, -0.05) is 30.3 Å². The largest absolute Gasteiger partial charge is 0.573 e. The van der Waals surface area contributed by atoms with Crippen molar-refractivity contribution < 1.29 is 32.5 Å². The van der Waals surface area contributed by atoms with E-state index < -0.39 is 24.0 Å². The molecule has 0 bridgehead atoms. The highest BCUT2D eigenvalue weighted by molar-refractivity contribution is 5.69. The van der Waals surface area contributed by atoms with Gasteiger partial charge in [0, 0.05) is 24.9 Å². The molecule has 0 amide bonds. The maximum absolute atomic E-state index is 12.5. The van der Waals surface area contributed by atoms with E-state index in [-0.39, 0.29) is 12.4 Å². The van der Waals surface area contributed by atoms with Crippen LogP contribution in [0.2, 0.25) is 0 Å². The van der Waals surface area contributed by atoms with Crippen LogP contribution in [0.5, 0.6) is 17.5 Å². The van der Waals surface area contributed by atoms with E-state index in [2.05, 4.69) is 25.0 Å². The van der Waals surface area contributed by atoms with E-state index in [0.717, 1.165) is 23.5 Å². The molecule has 2 aromatic heterocycles. The number of halogens is 3. The van der Waals surface area contributed by atoms with Crippen molar-refractivity contribution in [2.75, 3.05) is 5.32 Å². The number of anilines is 1. The van der Waals surface area contributed by atoms with E-state index in [0.29, 0.717) is 23.6 Å². The highest BCUT2D eigenvalue weighted by Gasteiger charge is 2.31. The molecule has 0 radical (unpaired) electrons.